The molecule has 1 aliphatic heterocycles. The summed E-state index contributed by atoms with van der Waals surface area (Å²) in [6, 6.07) is 6.98. The van der Waals surface area contributed by atoms with Gasteiger partial charge in [-0.25, -0.2) is 9.18 Å². The Morgan fingerprint density at radius 1 is 1.22 bits per heavy atom. The van der Waals surface area contributed by atoms with Crippen LogP contribution in [-0.4, -0.2) is 61.3 Å². The zero-order valence-corrected chi connectivity index (χ0v) is 20.4. The number of likely N-dealkylation sites (tertiary alicyclic amines) is 1. The van der Waals surface area contributed by atoms with Crippen LogP contribution in [0.2, 0.25) is 0 Å². The number of nitrogens with zero attached hydrogens (tertiary/aromatic N) is 2. The summed E-state index contributed by atoms with van der Waals surface area (Å²) in [6.45, 7) is 13.0. The zero-order chi connectivity index (χ0) is 23.7. The van der Waals surface area contributed by atoms with E-state index >= 15 is 0 Å². The second-order valence-electron chi connectivity index (χ2n) is 9.77. The summed E-state index contributed by atoms with van der Waals surface area (Å²) in [5.41, 5.74) is 0.606. The molecule has 32 heavy (non-hydrogen) atoms. The Labute approximate surface area is 192 Å². The quantitative estimate of drug-likeness (QED) is 0.439. The van der Waals surface area contributed by atoms with E-state index in [1.165, 1.54) is 12.1 Å². The maximum Gasteiger partial charge on any atom is 0.407 e. The van der Waals surface area contributed by atoms with Crippen LogP contribution in [0.5, 0.6) is 0 Å². The average Bonchev–Trinajstić information content (AvgIpc) is 2.71. The molecule has 1 aromatic rings. The van der Waals surface area contributed by atoms with Gasteiger partial charge in [0.1, 0.15) is 11.4 Å². The first-order valence-electron chi connectivity index (χ1n) is 11.5. The normalized spacial score (nSPS) is 17.2. The van der Waals surface area contributed by atoms with Crippen LogP contribution in [0.1, 0.15) is 53.0 Å². The van der Waals surface area contributed by atoms with E-state index in [-0.39, 0.29) is 17.8 Å². The summed E-state index contributed by atoms with van der Waals surface area (Å²) < 4.78 is 18.5. The Kier molecular flexibility index (Phi) is 9.75. The molecule has 0 radical (unpaired) electrons. The predicted molar refractivity (Wildman–Crippen MR) is 127 cm³/mol. The van der Waals surface area contributed by atoms with Gasteiger partial charge < -0.3 is 20.7 Å². The number of nitrogens with one attached hydrogen (secondary N) is 3. The minimum absolute atomic E-state index is 0.0824. The van der Waals surface area contributed by atoms with Crippen molar-refractivity contribution in [2.45, 2.75) is 71.7 Å². The van der Waals surface area contributed by atoms with Gasteiger partial charge in [-0.2, -0.15) is 0 Å². The van der Waals surface area contributed by atoms with Crippen molar-refractivity contribution < 1.29 is 13.9 Å². The molecule has 1 amide bonds. The third-order valence-electron chi connectivity index (χ3n) is 5.47. The molecule has 0 bridgehead atoms. The topological polar surface area (TPSA) is 78.0 Å². The Morgan fingerprint density at radius 2 is 1.84 bits per heavy atom. The molecule has 1 aromatic carbocycles. The van der Waals surface area contributed by atoms with E-state index in [4.69, 9.17) is 4.74 Å². The first-order chi connectivity index (χ1) is 15.1. The monoisotopic (exact) mass is 449 g/mol. The summed E-state index contributed by atoms with van der Waals surface area (Å²) in [7, 11) is 1.75. The third kappa shape index (κ3) is 9.42. The van der Waals surface area contributed by atoms with Crippen molar-refractivity contribution in [2.24, 2.45) is 10.9 Å². The fourth-order valence-corrected chi connectivity index (χ4v) is 3.59. The lowest BCUT2D eigenvalue weighted by molar-refractivity contribution is 0.0491. The molecule has 0 saturated carbocycles. The van der Waals surface area contributed by atoms with Gasteiger partial charge in [-0.15, -0.1) is 0 Å². The van der Waals surface area contributed by atoms with Gasteiger partial charge >= 0.3 is 6.09 Å². The Hall–Kier alpha value is -2.35. The molecule has 1 unspecified atom stereocenters. The highest BCUT2D eigenvalue weighted by Gasteiger charge is 2.23. The first kappa shape index (κ1) is 25.9. The van der Waals surface area contributed by atoms with Gasteiger partial charge in [0.25, 0.3) is 0 Å². The second-order valence-corrected chi connectivity index (χ2v) is 9.77. The van der Waals surface area contributed by atoms with E-state index in [1.807, 2.05) is 32.9 Å². The van der Waals surface area contributed by atoms with Crippen molar-refractivity contribution in [2.75, 3.05) is 26.7 Å². The molecule has 1 fully saturated rings. The molecule has 0 spiro atoms. The van der Waals surface area contributed by atoms with Gasteiger partial charge in [-0.05, 0) is 57.2 Å². The van der Waals surface area contributed by atoms with Crippen LogP contribution in [0, 0.1) is 11.7 Å². The minimum atomic E-state index is -0.526. The number of hydrogen-bond acceptors (Lipinski definition) is 4. The number of guanidine groups is 1. The van der Waals surface area contributed by atoms with E-state index in [9.17, 15) is 9.18 Å². The van der Waals surface area contributed by atoms with Crippen LogP contribution in [0.15, 0.2) is 29.3 Å². The minimum Gasteiger partial charge on any atom is -0.444 e. The third-order valence-corrected chi connectivity index (χ3v) is 5.47. The molecular weight excluding hydrogens is 409 g/mol. The van der Waals surface area contributed by atoms with Crippen molar-refractivity contribution in [1.82, 2.24) is 20.9 Å². The van der Waals surface area contributed by atoms with Crippen molar-refractivity contribution in [1.29, 1.82) is 0 Å². The smallest absolute Gasteiger partial charge is 0.407 e. The van der Waals surface area contributed by atoms with E-state index in [1.54, 1.807) is 7.05 Å². The number of rotatable bonds is 7. The highest BCUT2D eigenvalue weighted by molar-refractivity contribution is 5.80. The molecule has 1 aliphatic rings. The summed E-state index contributed by atoms with van der Waals surface area (Å²) in [4.78, 5) is 18.9. The number of halogens is 1. The van der Waals surface area contributed by atoms with E-state index in [0.717, 1.165) is 44.0 Å². The average molecular weight is 450 g/mol. The molecule has 8 heteroatoms. The zero-order valence-electron chi connectivity index (χ0n) is 20.4. The maximum atomic E-state index is 13.1. The maximum absolute atomic E-state index is 13.1. The SMILES string of the molecule is CN=C(NCC(NC(=O)OC(C)(C)C)C(C)C)NC1CCN(Cc2ccc(F)cc2)CC1. The number of benzene rings is 1. The van der Waals surface area contributed by atoms with Crippen LogP contribution in [-0.2, 0) is 11.3 Å². The molecule has 7 nitrogen and oxygen atoms in total. The lowest BCUT2D eigenvalue weighted by Gasteiger charge is -2.33. The van der Waals surface area contributed by atoms with Crippen LogP contribution < -0.4 is 16.0 Å². The van der Waals surface area contributed by atoms with E-state index in [2.05, 4.69) is 39.7 Å². The Morgan fingerprint density at radius 3 is 2.38 bits per heavy atom. The summed E-state index contributed by atoms with van der Waals surface area (Å²) in [5.74, 6) is 0.776. The number of carbonyl (C=O) groups excluding carboxylic acids is 1. The van der Waals surface area contributed by atoms with Gasteiger partial charge in [-0.3, -0.25) is 9.89 Å². The fraction of sp³-hybridized carbons (Fsp3) is 0.667. The lowest BCUT2D eigenvalue weighted by Crippen LogP contribution is -2.53. The van der Waals surface area contributed by atoms with Crippen molar-refractivity contribution in [3.63, 3.8) is 0 Å². The molecule has 0 aromatic heterocycles. The number of carbonyl (C=O) groups is 1. The van der Waals surface area contributed by atoms with Gasteiger partial charge in [0, 0.05) is 39.3 Å². The van der Waals surface area contributed by atoms with Gasteiger partial charge in [0.05, 0.1) is 6.04 Å². The highest BCUT2D eigenvalue weighted by atomic mass is 19.1. The lowest BCUT2D eigenvalue weighted by atomic mass is 10.0. The second kappa shape index (κ2) is 12.0. The first-order valence-corrected chi connectivity index (χ1v) is 11.5. The molecule has 180 valence electrons. The van der Waals surface area contributed by atoms with Crippen LogP contribution in [0.4, 0.5) is 9.18 Å². The Balaban J connectivity index is 1.77. The van der Waals surface area contributed by atoms with Crippen molar-refractivity contribution >= 4 is 12.1 Å². The summed E-state index contributed by atoms with van der Waals surface area (Å²) >= 11 is 0. The standard InChI is InChI=1S/C24H40FN5O2/c1-17(2)21(29-23(31)32-24(3,4)5)15-27-22(26-6)28-20-11-13-30(14-12-20)16-18-7-9-19(25)10-8-18/h7-10,17,20-21H,11-16H2,1-6H3,(H,29,31)(H2,26,27,28). The number of hydrogen-bond donors (Lipinski definition) is 3. The van der Waals surface area contributed by atoms with Gasteiger partial charge in [0.2, 0.25) is 0 Å². The molecule has 1 atom stereocenters. The molecule has 1 heterocycles. The van der Waals surface area contributed by atoms with E-state index in [0.29, 0.717) is 12.6 Å². The molecule has 3 N–H and O–H groups in total. The van der Waals surface area contributed by atoms with E-state index < -0.39 is 11.7 Å². The number of ether oxygens (including phenoxy) is 1. The molecular formula is C24H40FN5O2. The number of aliphatic imine (C=N–C) groups is 1. The fourth-order valence-electron chi connectivity index (χ4n) is 3.59. The van der Waals surface area contributed by atoms with Gasteiger partial charge in [0.15, 0.2) is 5.96 Å². The summed E-state index contributed by atoms with van der Waals surface area (Å²) in [5, 5.41) is 9.80. The van der Waals surface area contributed by atoms with Crippen molar-refractivity contribution in [3.8, 4) is 0 Å². The van der Waals surface area contributed by atoms with Crippen LogP contribution >= 0.6 is 0 Å². The number of alkyl carbamates (subject to hydrolysis) is 1. The molecule has 1 saturated heterocycles. The highest BCUT2D eigenvalue weighted by Crippen LogP contribution is 2.14. The van der Waals surface area contributed by atoms with Gasteiger partial charge in [-0.1, -0.05) is 26.0 Å². The van der Waals surface area contributed by atoms with Crippen LogP contribution in [0.3, 0.4) is 0 Å². The molecule has 2 rings (SSSR count). The van der Waals surface area contributed by atoms with Crippen molar-refractivity contribution in [3.05, 3.63) is 35.6 Å². The molecule has 0 aliphatic carbocycles. The van der Waals surface area contributed by atoms with Crippen LogP contribution in [0.25, 0.3) is 0 Å². The Bertz CT molecular complexity index is 738. The number of amides is 1. The predicted octanol–water partition coefficient (Wildman–Crippen LogP) is 3.50. The number of piperidine rings is 1. The summed E-state index contributed by atoms with van der Waals surface area (Å²) in [6.07, 6.45) is 1.60. The largest absolute Gasteiger partial charge is 0.444 e.